The van der Waals surface area contributed by atoms with E-state index in [2.05, 4.69) is 22.8 Å². The predicted molar refractivity (Wildman–Crippen MR) is 41.7 cm³/mol. The molecule has 0 N–H and O–H groups in total. The average Bonchev–Trinajstić information content (AvgIpc) is 1.94. The predicted octanol–water partition coefficient (Wildman–Crippen LogP) is 1.48. The Labute approximate surface area is 64.1 Å². The molecule has 0 bridgehead atoms. The van der Waals surface area contributed by atoms with E-state index in [9.17, 15) is 4.91 Å². The molecule has 0 amide bonds. The van der Waals surface area contributed by atoms with Crippen molar-refractivity contribution in [2.45, 2.75) is 11.4 Å². The van der Waals surface area contributed by atoms with Gasteiger partial charge in [-0.3, -0.25) is 0 Å². The quantitative estimate of drug-likeness (QED) is 0.374. The molecular weight excluding hydrogens is 150 g/mol. The fourth-order valence-corrected chi connectivity index (χ4v) is 0.975. The van der Waals surface area contributed by atoms with E-state index in [0.717, 1.165) is 0 Å². The van der Waals surface area contributed by atoms with Crippen molar-refractivity contribution in [3.05, 3.63) is 29.2 Å². The summed E-state index contributed by atoms with van der Waals surface area (Å²) >= 11 is 4.13. The number of allylic oxidation sites excluding steroid dienone is 2. The summed E-state index contributed by atoms with van der Waals surface area (Å²) in [6, 6.07) is 0. The van der Waals surface area contributed by atoms with Crippen LogP contribution in [0.5, 0.6) is 0 Å². The van der Waals surface area contributed by atoms with Crippen LogP contribution >= 0.6 is 12.6 Å². The molecule has 1 aliphatic rings. The monoisotopic (exact) mass is 157 g/mol. The van der Waals surface area contributed by atoms with Gasteiger partial charge in [0.05, 0.1) is 5.25 Å². The van der Waals surface area contributed by atoms with E-state index in [0.29, 0.717) is 0 Å². The van der Waals surface area contributed by atoms with Crippen LogP contribution < -0.4 is 0 Å². The Morgan fingerprint density at radius 2 is 2.10 bits per heavy atom. The van der Waals surface area contributed by atoms with Crippen molar-refractivity contribution in [1.29, 1.82) is 0 Å². The van der Waals surface area contributed by atoms with E-state index < -0.39 is 0 Å². The van der Waals surface area contributed by atoms with Crippen molar-refractivity contribution in [2.75, 3.05) is 0 Å². The molecule has 0 radical (unpaired) electrons. The summed E-state index contributed by atoms with van der Waals surface area (Å²) in [4.78, 5) is 14.1. The zero-order valence-electron chi connectivity index (χ0n) is 5.18. The number of hydrogen-bond donors (Lipinski definition) is 1. The molecule has 0 aliphatic heterocycles. The molecule has 2 unspecified atom stereocenters. The van der Waals surface area contributed by atoms with E-state index in [1.165, 1.54) is 0 Å². The second kappa shape index (κ2) is 3.41. The van der Waals surface area contributed by atoms with Gasteiger partial charge in [-0.1, -0.05) is 18.2 Å². The third-order valence-corrected chi connectivity index (χ3v) is 1.69. The molecule has 1 aliphatic carbocycles. The summed E-state index contributed by atoms with van der Waals surface area (Å²) in [5.74, 6) is 0. The second-order valence-corrected chi connectivity index (χ2v) is 2.50. The molecule has 0 saturated carbocycles. The van der Waals surface area contributed by atoms with Crippen molar-refractivity contribution in [1.82, 2.24) is 0 Å². The van der Waals surface area contributed by atoms with Crippen LogP contribution in [0.25, 0.3) is 0 Å². The first kappa shape index (κ1) is 7.34. The van der Waals surface area contributed by atoms with Crippen LogP contribution in [0.2, 0.25) is 0 Å². The molecule has 2 atom stereocenters. The van der Waals surface area contributed by atoms with Gasteiger partial charge < -0.3 is 4.84 Å². The molecular formula is C6H7NO2S. The lowest BCUT2D eigenvalue weighted by molar-refractivity contribution is 0.0935. The van der Waals surface area contributed by atoms with Crippen LogP contribution in [-0.2, 0) is 4.84 Å². The first-order valence-electron chi connectivity index (χ1n) is 2.86. The summed E-state index contributed by atoms with van der Waals surface area (Å²) < 4.78 is 0. The SMILES string of the molecule is O=NOC1C=CC=CC1S. The smallest absolute Gasteiger partial charge is 0.164 e. The van der Waals surface area contributed by atoms with Gasteiger partial charge in [0.15, 0.2) is 11.4 Å². The van der Waals surface area contributed by atoms with Crippen LogP contribution in [0.3, 0.4) is 0 Å². The normalized spacial score (nSPS) is 30.1. The highest BCUT2D eigenvalue weighted by Gasteiger charge is 2.15. The lowest BCUT2D eigenvalue weighted by Crippen LogP contribution is -2.19. The lowest BCUT2D eigenvalue weighted by Gasteiger charge is -2.14. The van der Waals surface area contributed by atoms with Gasteiger partial charge in [0, 0.05) is 0 Å². The molecule has 0 saturated heterocycles. The highest BCUT2D eigenvalue weighted by atomic mass is 32.1. The van der Waals surface area contributed by atoms with Gasteiger partial charge in [-0.05, 0) is 6.08 Å². The van der Waals surface area contributed by atoms with E-state index in [1.807, 2.05) is 12.2 Å². The Bertz CT molecular complexity index is 179. The highest BCUT2D eigenvalue weighted by Crippen LogP contribution is 2.13. The Balaban J connectivity index is 2.52. The minimum Gasteiger partial charge on any atom is -0.355 e. The minimum atomic E-state index is -0.314. The van der Waals surface area contributed by atoms with Crippen molar-refractivity contribution < 1.29 is 4.84 Å². The molecule has 4 heteroatoms. The van der Waals surface area contributed by atoms with Crippen molar-refractivity contribution in [3.63, 3.8) is 0 Å². The molecule has 0 spiro atoms. The van der Waals surface area contributed by atoms with Gasteiger partial charge in [-0.15, -0.1) is 4.91 Å². The first-order valence-corrected chi connectivity index (χ1v) is 3.38. The fourth-order valence-electron chi connectivity index (χ4n) is 0.722. The summed E-state index contributed by atoms with van der Waals surface area (Å²) in [5.41, 5.74) is 0. The molecule has 54 valence electrons. The van der Waals surface area contributed by atoms with Crippen molar-refractivity contribution in [3.8, 4) is 0 Å². The number of hydrogen-bond acceptors (Lipinski definition) is 4. The van der Waals surface area contributed by atoms with Crippen LogP contribution in [0.4, 0.5) is 0 Å². The molecule has 0 heterocycles. The third-order valence-electron chi connectivity index (χ3n) is 1.22. The standard InChI is InChI=1S/C6H7NO2S/c8-7-9-5-3-1-2-4-6(5)10/h1-6,10H. The molecule has 0 aromatic heterocycles. The van der Waals surface area contributed by atoms with Gasteiger partial charge in [0.1, 0.15) is 0 Å². The Kier molecular flexibility index (Phi) is 2.50. The number of nitrogens with zero attached hydrogens (tertiary/aromatic N) is 1. The van der Waals surface area contributed by atoms with Crippen LogP contribution in [-0.4, -0.2) is 11.4 Å². The molecule has 1 rings (SSSR count). The van der Waals surface area contributed by atoms with Crippen molar-refractivity contribution in [2.24, 2.45) is 5.34 Å². The van der Waals surface area contributed by atoms with Crippen molar-refractivity contribution >= 4 is 12.6 Å². The van der Waals surface area contributed by atoms with Crippen LogP contribution in [0.1, 0.15) is 0 Å². The molecule has 0 fully saturated rings. The molecule has 0 aromatic rings. The Morgan fingerprint density at radius 3 is 2.70 bits per heavy atom. The first-order chi connectivity index (χ1) is 4.84. The zero-order chi connectivity index (χ0) is 7.40. The lowest BCUT2D eigenvalue weighted by atomic mass is 10.1. The van der Waals surface area contributed by atoms with E-state index in [-0.39, 0.29) is 11.4 Å². The van der Waals surface area contributed by atoms with Crippen LogP contribution in [0, 0.1) is 4.91 Å². The van der Waals surface area contributed by atoms with Gasteiger partial charge in [0.2, 0.25) is 0 Å². The summed E-state index contributed by atoms with van der Waals surface area (Å²) in [7, 11) is 0. The number of thiol groups is 1. The van der Waals surface area contributed by atoms with Gasteiger partial charge in [-0.25, -0.2) is 0 Å². The van der Waals surface area contributed by atoms with Crippen LogP contribution in [0.15, 0.2) is 29.6 Å². The number of rotatable bonds is 2. The van der Waals surface area contributed by atoms with E-state index in [4.69, 9.17) is 0 Å². The van der Waals surface area contributed by atoms with Gasteiger partial charge in [0.25, 0.3) is 0 Å². The molecule has 0 aromatic carbocycles. The minimum absolute atomic E-state index is 0.0669. The average molecular weight is 157 g/mol. The fraction of sp³-hybridized carbons (Fsp3) is 0.333. The third kappa shape index (κ3) is 1.60. The second-order valence-electron chi connectivity index (χ2n) is 1.90. The molecule has 10 heavy (non-hydrogen) atoms. The topological polar surface area (TPSA) is 38.7 Å². The Morgan fingerprint density at radius 1 is 1.40 bits per heavy atom. The maximum Gasteiger partial charge on any atom is 0.164 e. The van der Waals surface area contributed by atoms with E-state index in [1.54, 1.807) is 12.2 Å². The summed E-state index contributed by atoms with van der Waals surface area (Å²) in [6.45, 7) is 0. The van der Waals surface area contributed by atoms with Gasteiger partial charge >= 0.3 is 0 Å². The largest absolute Gasteiger partial charge is 0.355 e. The zero-order valence-corrected chi connectivity index (χ0v) is 6.07. The Hall–Kier alpha value is -0.770. The molecule has 3 nitrogen and oxygen atoms in total. The summed E-state index contributed by atoms with van der Waals surface area (Å²) in [5, 5.41) is 2.26. The van der Waals surface area contributed by atoms with Gasteiger partial charge in [-0.2, -0.15) is 12.6 Å². The maximum absolute atomic E-state index is 9.65. The highest BCUT2D eigenvalue weighted by molar-refractivity contribution is 7.81. The maximum atomic E-state index is 9.65. The van der Waals surface area contributed by atoms with E-state index >= 15 is 0 Å². The summed E-state index contributed by atoms with van der Waals surface area (Å²) in [6.07, 6.45) is 6.90.